The lowest BCUT2D eigenvalue weighted by atomic mass is 10.1. The Balaban J connectivity index is 3.63. The van der Waals surface area contributed by atoms with Gasteiger partial charge in [0.25, 0.3) is 0 Å². The molecule has 1 nitrogen and oxygen atoms in total. The molecule has 0 amide bonds. The third-order valence-corrected chi connectivity index (χ3v) is 1.87. The van der Waals surface area contributed by atoms with Crippen LogP contribution in [0.2, 0.25) is 0 Å². The van der Waals surface area contributed by atoms with Crippen molar-refractivity contribution in [3.05, 3.63) is 0 Å². The molecule has 0 heterocycles. The highest BCUT2D eigenvalue weighted by molar-refractivity contribution is 4.72. The monoisotopic (exact) mass is 201 g/mol. The highest BCUT2D eigenvalue weighted by Crippen LogP contribution is 2.21. The first-order valence-electron chi connectivity index (χ1n) is 4.26. The van der Waals surface area contributed by atoms with E-state index in [1.54, 1.807) is 0 Å². The fourth-order valence-corrected chi connectivity index (χ4v) is 0.707. The van der Waals surface area contributed by atoms with Crippen LogP contribution >= 0.6 is 0 Å². The molecule has 0 aliphatic rings. The summed E-state index contributed by atoms with van der Waals surface area (Å²) < 4.78 is 47.8. The number of nitrogens with one attached hydrogen (secondary N) is 1. The van der Waals surface area contributed by atoms with E-state index in [0.717, 1.165) is 6.42 Å². The predicted molar refractivity (Wildman–Crippen MR) is 43.3 cm³/mol. The van der Waals surface area contributed by atoms with Crippen LogP contribution in [-0.2, 0) is 0 Å². The molecule has 0 aromatic heterocycles. The normalized spacial score (nSPS) is 15.0. The topological polar surface area (TPSA) is 12.0 Å². The van der Waals surface area contributed by atoms with Crippen LogP contribution in [0.15, 0.2) is 0 Å². The van der Waals surface area contributed by atoms with Crippen LogP contribution in [-0.4, -0.2) is 25.4 Å². The number of halogens is 4. The molecule has 1 N–H and O–H groups in total. The van der Waals surface area contributed by atoms with Gasteiger partial charge in [0.2, 0.25) is 0 Å². The highest BCUT2D eigenvalue weighted by atomic mass is 19.3. The van der Waals surface area contributed by atoms with Gasteiger partial charge >= 0.3 is 12.3 Å². The van der Waals surface area contributed by atoms with E-state index >= 15 is 0 Å². The lowest BCUT2D eigenvalue weighted by Crippen LogP contribution is -2.40. The quantitative estimate of drug-likeness (QED) is 0.651. The van der Waals surface area contributed by atoms with Gasteiger partial charge in [-0.2, -0.15) is 8.78 Å². The second kappa shape index (κ2) is 5.42. The van der Waals surface area contributed by atoms with Gasteiger partial charge in [0.05, 0.1) is 6.54 Å². The Hall–Kier alpha value is -0.320. The molecule has 0 aromatic rings. The molecule has 0 radical (unpaired) electrons. The Kier molecular flexibility index (Phi) is 5.29. The van der Waals surface area contributed by atoms with Gasteiger partial charge in [0.15, 0.2) is 0 Å². The van der Waals surface area contributed by atoms with Gasteiger partial charge < -0.3 is 5.32 Å². The SMILES string of the molecule is CCC(C)CNCC(F)(F)C(F)F. The van der Waals surface area contributed by atoms with Crippen molar-refractivity contribution in [2.75, 3.05) is 13.1 Å². The van der Waals surface area contributed by atoms with Gasteiger partial charge in [-0.25, -0.2) is 8.78 Å². The molecule has 0 aliphatic carbocycles. The molecular weight excluding hydrogens is 186 g/mol. The van der Waals surface area contributed by atoms with Crippen LogP contribution in [0.4, 0.5) is 17.6 Å². The average Bonchev–Trinajstić information content (AvgIpc) is 2.03. The first kappa shape index (κ1) is 12.7. The van der Waals surface area contributed by atoms with E-state index in [9.17, 15) is 17.6 Å². The first-order valence-corrected chi connectivity index (χ1v) is 4.26. The predicted octanol–water partition coefficient (Wildman–Crippen LogP) is 2.52. The Morgan fingerprint density at radius 2 is 1.85 bits per heavy atom. The second-order valence-corrected chi connectivity index (χ2v) is 3.21. The summed E-state index contributed by atoms with van der Waals surface area (Å²) in [6.45, 7) is 3.18. The molecule has 5 heteroatoms. The van der Waals surface area contributed by atoms with Crippen molar-refractivity contribution in [3.8, 4) is 0 Å². The Morgan fingerprint density at radius 1 is 1.31 bits per heavy atom. The van der Waals surface area contributed by atoms with Crippen LogP contribution in [0.25, 0.3) is 0 Å². The minimum Gasteiger partial charge on any atom is -0.311 e. The van der Waals surface area contributed by atoms with Crippen molar-refractivity contribution in [1.29, 1.82) is 0 Å². The molecule has 0 rings (SSSR count). The molecule has 1 unspecified atom stereocenters. The third kappa shape index (κ3) is 5.08. The minimum absolute atomic E-state index is 0.230. The molecule has 0 fully saturated rings. The Morgan fingerprint density at radius 3 is 2.23 bits per heavy atom. The maximum atomic E-state index is 12.3. The molecule has 0 aromatic carbocycles. The van der Waals surface area contributed by atoms with Crippen molar-refractivity contribution >= 4 is 0 Å². The van der Waals surface area contributed by atoms with Gasteiger partial charge in [-0.1, -0.05) is 20.3 Å². The van der Waals surface area contributed by atoms with E-state index in [2.05, 4.69) is 5.32 Å². The van der Waals surface area contributed by atoms with E-state index in [4.69, 9.17) is 0 Å². The maximum absolute atomic E-state index is 12.3. The summed E-state index contributed by atoms with van der Waals surface area (Å²) in [6.07, 6.45) is -2.75. The molecular formula is C8H15F4N. The molecule has 80 valence electrons. The van der Waals surface area contributed by atoms with Gasteiger partial charge in [0.1, 0.15) is 0 Å². The zero-order chi connectivity index (χ0) is 10.5. The summed E-state index contributed by atoms with van der Waals surface area (Å²) in [5.74, 6) is -3.68. The van der Waals surface area contributed by atoms with Gasteiger partial charge in [0, 0.05) is 0 Å². The van der Waals surface area contributed by atoms with Crippen LogP contribution in [0.3, 0.4) is 0 Å². The minimum atomic E-state index is -3.91. The zero-order valence-corrected chi connectivity index (χ0v) is 7.79. The molecule has 0 saturated heterocycles. The largest absolute Gasteiger partial charge is 0.319 e. The Bertz CT molecular complexity index is 138. The van der Waals surface area contributed by atoms with Crippen LogP contribution in [0.1, 0.15) is 20.3 Å². The fourth-order valence-electron chi connectivity index (χ4n) is 0.707. The number of alkyl halides is 4. The highest BCUT2D eigenvalue weighted by Gasteiger charge is 2.39. The molecule has 1 atom stereocenters. The third-order valence-electron chi connectivity index (χ3n) is 1.87. The van der Waals surface area contributed by atoms with Crippen LogP contribution in [0.5, 0.6) is 0 Å². The van der Waals surface area contributed by atoms with Gasteiger partial charge in [-0.3, -0.25) is 0 Å². The number of rotatable bonds is 6. The van der Waals surface area contributed by atoms with Crippen molar-refractivity contribution in [1.82, 2.24) is 5.32 Å². The van der Waals surface area contributed by atoms with Crippen LogP contribution in [0, 0.1) is 5.92 Å². The van der Waals surface area contributed by atoms with Gasteiger partial charge in [-0.05, 0) is 12.5 Å². The smallest absolute Gasteiger partial charge is 0.311 e. The molecule has 0 aliphatic heterocycles. The zero-order valence-electron chi connectivity index (χ0n) is 7.79. The van der Waals surface area contributed by atoms with E-state index in [0.29, 0.717) is 6.54 Å². The fraction of sp³-hybridized carbons (Fsp3) is 1.00. The summed E-state index contributed by atoms with van der Waals surface area (Å²) in [7, 11) is 0. The van der Waals surface area contributed by atoms with Crippen molar-refractivity contribution in [2.45, 2.75) is 32.6 Å². The van der Waals surface area contributed by atoms with E-state index in [-0.39, 0.29) is 5.92 Å². The standard InChI is InChI=1S/C8H15F4N/c1-3-6(2)4-13-5-8(11,12)7(9)10/h6-7,13H,3-5H2,1-2H3. The summed E-state index contributed by atoms with van der Waals surface area (Å²) in [5, 5.41) is 2.33. The molecule has 0 saturated carbocycles. The average molecular weight is 201 g/mol. The Labute approximate surface area is 75.5 Å². The summed E-state index contributed by atoms with van der Waals surface area (Å²) in [6, 6.07) is 0. The molecule has 0 bridgehead atoms. The van der Waals surface area contributed by atoms with E-state index < -0.39 is 18.9 Å². The number of hydrogen-bond acceptors (Lipinski definition) is 1. The van der Waals surface area contributed by atoms with E-state index in [1.165, 1.54) is 0 Å². The van der Waals surface area contributed by atoms with E-state index in [1.807, 2.05) is 13.8 Å². The van der Waals surface area contributed by atoms with Crippen LogP contribution < -0.4 is 5.32 Å². The van der Waals surface area contributed by atoms with Crippen molar-refractivity contribution in [3.63, 3.8) is 0 Å². The lowest BCUT2D eigenvalue weighted by Gasteiger charge is -2.17. The molecule has 13 heavy (non-hydrogen) atoms. The second-order valence-electron chi connectivity index (χ2n) is 3.21. The maximum Gasteiger partial charge on any atom is 0.319 e. The summed E-state index contributed by atoms with van der Waals surface area (Å²) in [5.41, 5.74) is 0. The van der Waals surface area contributed by atoms with Crippen molar-refractivity contribution < 1.29 is 17.6 Å². The number of hydrogen-bond donors (Lipinski definition) is 1. The lowest BCUT2D eigenvalue weighted by molar-refractivity contribution is -0.125. The van der Waals surface area contributed by atoms with Gasteiger partial charge in [-0.15, -0.1) is 0 Å². The summed E-state index contributed by atoms with van der Waals surface area (Å²) >= 11 is 0. The van der Waals surface area contributed by atoms with Crippen molar-refractivity contribution in [2.24, 2.45) is 5.92 Å². The molecule has 0 spiro atoms. The first-order chi connectivity index (χ1) is 5.90. The summed E-state index contributed by atoms with van der Waals surface area (Å²) in [4.78, 5) is 0.